The molecule has 0 heterocycles. The predicted molar refractivity (Wildman–Crippen MR) is 107 cm³/mol. The molecular weight excluding hydrogens is 310 g/mol. The first-order valence-electron chi connectivity index (χ1n) is 10.1. The molecule has 0 fully saturated rings. The molecule has 0 aliphatic heterocycles. The minimum atomic E-state index is -0.445. The van der Waals surface area contributed by atoms with Gasteiger partial charge in [0, 0.05) is 5.54 Å². The van der Waals surface area contributed by atoms with E-state index < -0.39 is 5.54 Å². The molecule has 1 rings (SSSR count). The number of rotatable bonds is 14. The lowest BCUT2D eigenvalue weighted by molar-refractivity contribution is 0.177. The van der Waals surface area contributed by atoms with Gasteiger partial charge >= 0.3 is 0 Å². The van der Waals surface area contributed by atoms with Crippen LogP contribution < -0.4 is 10.5 Å². The number of aliphatic hydroxyl groups excluding tert-OH is 1. The molecule has 0 spiro atoms. The quantitative estimate of drug-likeness (QED) is 0.460. The van der Waals surface area contributed by atoms with Gasteiger partial charge in [-0.1, -0.05) is 65.0 Å². The summed E-state index contributed by atoms with van der Waals surface area (Å²) in [7, 11) is 0. The average Bonchev–Trinajstić information content (AvgIpc) is 2.60. The van der Waals surface area contributed by atoms with E-state index in [-0.39, 0.29) is 6.61 Å². The molecule has 1 aromatic carbocycles. The van der Waals surface area contributed by atoms with Crippen molar-refractivity contribution in [3.05, 3.63) is 29.8 Å². The molecule has 144 valence electrons. The summed E-state index contributed by atoms with van der Waals surface area (Å²) in [6, 6.07) is 8.32. The van der Waals surface area contributed by atoms with Gasteiger partial charge in [-0.3, -0.25) is 0 Å². The highest BCUT2D eigenvalue weighted by atomic mass is 16.5. The Balaban J connectivity index is 2.23. The topological polar surface area (TPSA) is 55.5 Å². The van der Waals surface area contributed by atoms with E-state index in [1.54, 1.807) is 0 Å². The SMILES string of the molecule is CCC[C@@](N)(CO)CCc1ccc(OCCCCCCC(C)C)cc1. The van der Waals surface area contributed by atoms with Crippen molar-refractivity contribution >= 4 is 0 Å². The van der Waals surface area contributed by atoms with Crippen molar-refractivity contribution < 1.29 is 9.84 Å². The van der Waals surface area contributed by atoms with Crippen LogP contribution in [0.3, 0.4) is 0 Å². The fourth-order valence-corrected chi connectivity index (χ4v) is 3.12. The monoisotopic (exact) mass is 349 g/mol. The van der Waals surface area contributed by atoms with Gasteiger partial charge in [0.1, 0.15) is 5.75 Å². The van der Waals surface area contributed by atoms with E-state index >= 15 is 0 Å². The Morgan fingerprint density at radius 3 is 2.32 bits per heavy atom. The molecule has 3 N–H and O–H groups in total. The predicted octanol–water partition coefficient (Wildman–Crippen LogP) is 5.09. The van der Waals surface area contributed by atoms with Crippen molar-refractivity contribution in [3.63, 3.8) is 0 Å². The van der Waals surface area contributed by atoms with Crippen LogP contribution >= 0.6 is 0 Å². The smallest absolute Gasteiger partial charge is 0.119 e. The van der Waals surface area contributed by atoms with Gasteiger partial charge in [0.25, 0.3) is 0 Å². The number of ether oxygens (including phenoxy) is 1. The summed E-state index contributed by atoms with van der Waals surface area (Å²) in [5, 5.41) is 9.49. The van der Waals surface area contributed by atoms with E-state index in [4.69, 9.17) is 10.5 Å². The molecule has 0 bridgehead atoms. The Morgan fingerprint density at radius 2 is 1.72 bits per heavy atom. The van der Waals surface area contributed by atoms with Gasteiger partial charge in [0.15, 0.2) is 0 Å². The van der Waals surface area contributed by atoms with E-state index in [0.29, 0.717) is 0 Å². The minimum Gasteiger partial charge on any atom is -0.494 e. The van der Waals surface area contributed by atoms with Gasteiger partial charge < -0.3 is 15.6 Å². The summed E-state index contributed by atoms with van der Waals surface area (Å²) in [4.78, 5) is 0. The van der Waals surface area contributed by atoms with Gasteiger partial charge in [0.05, 0.1) is 13.2 Å². The zero-order valence-electron chi connectivity index (χ0n) is 16.6. The number of hydrogen-bond acceptors (Lipinski definition) is 3. The highest BCUT2D eigenvalue weighted by Crippen LogP contribution is 2.19. The largest absolute Gasteiger partial charge is 0.494 e. The third-order valence-corrected chi connectivity index (χ3v) is 4.84. The first-order chi connectivity index (χ1) is 12.0. The highest BCUT2D eigenvalue weighted by molar-refractivity contribution is 5.27. The molecule has 0 aliphatic carbocycles. The van der Waals surface area contributed by atoms with Crippen LogP contribution in [-0.4, -0.2) is 23.9 Å². The standard InChI is InChI=1S/C22H39NO2/c1-4-15-22(23,18-24)16-14-20-10-12-21(13-11-20)25-17-8-6-5-7-9-19(2)3/h10-13,19,24H,4-9,14-18,23H2,1-3H3/t22-/m0/s1. The van der Waals surface area contributed by atoms with Crippen molar-refractivity contribution in [2.45, 2.75) is 84.1 Å². The first-order valence-corrected chi connectivity index (χ1v) is 10.1. The summed E-state index contributed by atoms with van der Waals surface area (Å²) < 4.78 is 5.83. The van der Waals surface area contributed by atoms with Gasteiger partial charge in [0.2, 0.25) is 0 Å². The maximum Gasteiger partial charge on any atom is 0.119 e. The van der Waals surface area contributed by atoms with Gasteiger partial charge in [-0.15, -0.1) is 0 Å². The second-order valence-corrected chi connectivity index (χ2v) is 7.86. The van der Waals surface area contributed by atoms with Crippen LogP contribution in [0.25, 0.3) is 0 Å². The van der Waals surface area contributed by atoms with Crippen molar-refractivity contribution in [3.8, 4) is 5.75 Å². The molecule has 0 radical (unpaired) electrons. The van der Waals surface area contributed by atoms with Crippen LogP contribution in [-0.2, 0) is 6.42 Å². The maximum absolute atomic E-state index is 9.49. The summed E-state index contributed by atoms with van der Waals surface area (Å²) in [6.07, 6.45) is 9.93. The Hall–Kier alpha value is -1.06. The minimum absolute atomic E-state index is 0.0548. The summed E-state index contributed by atoms with van der Waals surface area (Å²) in [5.74, 6) is 1.76. The number of hydrogen-bond donors (Lipinski definition) is 2. The molecule has 25 heavy (non-hydrogen) atoms. The molecule has 1 aromatic rings. The lowest BCUT2D eigenvalue weighted by atomic mass is 9.89. The maximum atomic E-state index is 9.49. The molecule has 0 aliphatic rings. The third kappa shape index (κ3) is 9.86. The summed E-state index contributed by atoms with van der Waals surface area (Å²) in [5.41, 5.74) is 7.05. The Bertz CT molecular complexity index is 444. The number of benzene rings is 1. The van der Waals surface area contributed by atoms with E-state index in [9.17, 15) is 5.11 Å². The van der Waals surface area contributed by atoms with E-state index in [1.807, 2.05) is 12.1 Å². The van der Waals surface area contributed by atoms with Crippen LogP contribution in [0.1, 0.15) is 77.7 Å². The zero-order chi connectivity index (χ0) is 18.5. The number of aliphatic hydroxyl groups is 1. The molecule has 1 atom stereocenters. The van der Waals surface area contributed by atoms with Crippen molar-refractivity contribution in [2.24, 2.45) is 11.7 Å². The lowest BCUT2D eigenvalue weighted by Gasteiger charge is -2.26. The Morgan fingerprint density at radius 1 is 1.04 bits per heavy atom. The second kappa shape index (κ2) is 12.3. The fourth-order valence-electron chi connectivity index (χ4n) is 3.12. The van der Waals surface area contributed by atoms with Gasteiger partial charge in [-0.25, -0.2) is 0 Å². The molecular formula is C22H39NO2. The van der Waals surface area contributed by atoms with E-state index in [2.05, 4.69) is 32.9 Å². The van der Waals surface area contributed by atoms with Crippen molar-refractivity contribution in [1.29, 1.82) is 0 Å². The van der Waals surface area contributed by atoms with Crippen molar-refractivity contribution in [2.75, 3.05) is 13.2 Å². The molecule has 0 saturated heterocycles. The average molecular weight is 350 g/mol. The molecule has 0 saturated carbocycles. The normalized spacial score (nSPS) is 13.8. The van der Waals surface area contributed by atoms with Crippen LogP contribution in [0.2, 0.25) is 0 Å². The molecule has 0 amide bonds. The van der Waals surface area contributed by atoms with Gasteiger partial charge in [-0.2, -0.15) is 0 Å². The molecule has 0 unspecified atom stereocenters. The van der Waals surface area contributed by atoms with Crippen LogP contribution in [0.5, 0.6) is 5.75 Å². The zero-order valence-corrected chi connectivity index (χ0v) is 16.6. The van der Waals surface area contributed by atoms with Gasteiger partial charge in [-0.05, 0) is 49.3 Å². The van der Waals surface area contributed by atoms with Crippen molar-refractivity contribution in [1.82, 2.24) is 0 Å². The highest BCUT2D eigenvalue weighted by Gasteiger charge is 2.22. The second-order valence-electron chi connectivity index (χ2n) is 7.86. The number of unbranched alkanes of at least 4 members (excludes halogenated alkanes) is 3. The van der Waals surface area contributed by atoms with Crippen LogP contribution in [0.4, 0.5) is 0 Å². The fraction of sp³-hybridized carbons (Fsp3) is 0.727. The Kier molecular flexibility index (Phi) is 10.8. The first kappa shape index (κ1) is 22.0. The number of aryl methyl sites for hydroxylation is 1. The van der Waals surface area contributed by atoms with Crippen LogP contribution in [0.15, 0.2) is 24.3 Å². The van der Waals surface area contributed by atoms with E-state index in [1.165, 1.54) is 31.2 Å². The van der Waals surface area contributed by atoms with Crippen LogP contribution in [0, 0.1) is 5.92 Å². The molecule has 3 nitrogen and oxygen atoms in total. The Labute approximate surface area is 155 Å². The third-order valence-electron chi connectivity index (χ3n) is 4.84. The molecule has 3 heteroatoms. The lowest BCUT2D eigenvalue weighted by Crippen LogP contribution is -2.43. The summed E-state index contributed by atoms with van der Waals surface area (Å²) in [6.45, 7) is 7.53. The number of nitrogens with two attached hydrogens (primary N) is 1. The molecule has 0 aromatic heterocycles. The van der Waals surface area contributed by atoms with E-state index in [0.717, 1.165) is 50.4 Å². The summed E-state index contributed by atoms with van der Waals surface area (Å²) >= 11 is 0.